The maximum Gasteiger partial charge on any atom is 0.247 e. The van der Waals surface area contributed by atoms with Gasteiger partial charge in [0.15, 0.2) is 0 Å². The van der Waals surface area contributed by atoms with Gasteiger partial charge in [-0.05, 0) is 31.1 Å². The number of amides is 2. The van der Waals surface area contributed by atoms with Crippen LogP contribution in [0.5, 0.6) is 0 Å². The summed E-state index contributed by atoms with van der Waals surface area (Å²) in [5.41, 5.74) is 0. The molecule has 0 bridgehead atoms. The SMILES string of the molecule is C#CC(CC)N1C(=O)C(C2CC2)NC(=O)C1C(C)C. The van der Waals surface area contributed by atoms with E-state index in [0.717, 1.165) is 12.8 Å². The molecule has 2 fully saturated rings. The van der Waals surface area contributed by atoms with Crippen molar-refractivity contribution in [3.8, 4) is 12.3 Å². The summed E-state index contributed by atoms with van der Waals surface area (Å²) < 4.78 is 0. The van der Waals surface area contributed by atoms with Crippen LogP contribution in [0.2, 0.25) is 0 Å². The van der Waals surface area contributed by atoms with E-state index >= 15 is 0 Å². The van der Waals surface area contributed by atoms with E-state index in [1.54, 1.807) is 4.90 Å². The van der Waals surface area contributed by atoms with Gasteiger partial charge in [-0.25, -0.2) is 0 Å². The molecule has 4 heteroatoms. The Morgan fingerprint density at radius 1 is 1.42 bits per heavy atom. The number of hydrogen-bond donors (Lipinski definition) is 1. The zero-order valence-corrected chi connectivity index (χ0v) is 11.8. The summed E-state index contributed by atoms with van der Waals surface area (Å²) in [5, 5.41) is 2.89. The lowest BCUT2D eigenvalue weighted by molar-refractivity contribution is -0.153. The summed E-state index contributed by atoms with van der Waals surface area (Å²) in [5.74, 6) is 2.98. The van der Waals surface area contributed by atoms with Gasteiger partial charge < -0.3 is 10.2 Å². The molecule has 0 aromatic rings. The van der Waals surface area contributed by atoms with Crippen LogP contribution in [0, 0.1) is 24.2 Å². The summed E-state index contributed by atoms with van der Waals surface area (Å²) in [6.45, 7) is 5.85. The van der Waals surface area contributed by atoms with Crippen LogP contribution in [0.1, 0.15) is 40.0 Å². The van der Waals surface area contributed by atoms with Crippen LogP contribution >= 0.6 is 0 Å². The molecule has 1 heterocycles. The second-order valence-electron chi connectivity index (χ2n) is 5.85. The highest BCUT2D eigenvalue weighted by Crippen LogP contribution is 2.36. The quantitative estimate of drug-likeness (QED) is 0.773. The lowest BCUT2D eigenvalue weighted by Gasteiger charge is -2.43. The van der Waals surface area contributed by atoms with Crippen LogP contribution in [-0.2, 0) is 9.59 Å². The molecule has 104 valence electrons. The number of piperazine rings is 1. The highest BCUT2D eigenvalue weighted by atomic mass is 16.2. The van der Waals surface area contributed by atoms with Crippen molar-refractivity contribution >= 4 is 11.8 Å². The fourth-order valence-corrected chi connectivity index (χ4v) is 2.84. The van der Waals surface area contributed by atoms with E-state index in [9.17, 15) is 9.59 Å². The summed E-state index contributed by atoms with van der Waals surface area (Å²) in [7, 11) is 0. The molecule has 2 aliphatic rings. The first-order valence-electron chi connectivity index (χ1n) is 7.09. The first-order valence-corrected chi connectivity index (χ1v) is 7.09. The highest BCUT2D eigenvalue weighted by Gasteiger charge is 2.49. The number of carbonyl (C=O) groups excluding carboxylic acids is 2. The first kappa shape index (κ1) is 13.9. The Bertz CT molecular complexity index is 420. The molecule has 1 aliphatic carbocycles. The monoisotopic (exact) mass is 262 g/mol. The standard InChI is InChI=1S/C15H22N2O2/c1-5-11(6-2)17-13(9(3)4)14(18)16-12(15(17)19)10-7-8-10/h1,9-13H,6-8H2,2-4H3,(H,16,18). The average molecular weight is 262 g/mol. The fourth-order valence-electron chi connectivity index (χ4n) is 2.84. The topological polar surface area (TPSA) is 49.4 Å². The van der Waals surface area contributed by atoms with E-state index in [2.05, 4.69) is 11.2 Å². The number of rotatable bonds is 4. The summed E-state index contributed by atoms with van der Waals surface area (Å²) >= 11 is 0. The average Bonchev–Trinajstić information content (AvgIpc) is 3.18. The van der Waals surface area contributed by atoms with E-state index in [1.165, 1.54) is 0 Å². The van der Waals surface area contributed by atoms with Gasteiger partial charge in [-0.1, -0.05) is 26.7 Å². The predicted octanol–water partition coefficient (Wildman–Crippen LogP) is 1.16. The molecule has 1 aliphatic heterocycles. The predicted molar refractivity (Wildman–Crippen MR) is 73.0 cm³/mol. The number of carbonyl (C=O) groups is 2. The van der Waals surface area contributed by atoms with Crippen LogP contribution < -0.4 is 5.32 Å². The smallest absolute Gasteiger partial charge is 0.247 e. The van der Waals surface area contributed by atoms with Crippen molar-refractivity contribution in [2.24, 2.45) is 11.8 Å². The van der Waals surface area contributed by atoms with E-state index < -0.39 is 6.04 Å². The van der Waals surface area contributed by atoms with E-state index in [-0.39, 0.29) is 29.8 Å². The van der Waals surface area contributed by atoms with Crippen molar-refractivity contribution < 1.29 is 9.59 Å². The zero-order valence-electron chi connectivity index (χ0n) is 11.8. The Hall–Kier alpha value is -1.50. The maximum absolute atomic E-state index is 12.6. The molecule has 0 aromatic heterocycles. The molecular formula is C15H22N2O2. The van der Waals surface area contributed by atoms with Gasteiger partial charge in [0, 0.05) is 0 Å². The van der Waals surface area contributed by atoms with E-state index in [4.69, 9.17) is 6.42 Å². The van der Waals surface area contributed by atoms with Crippen molar-refractivity contribution in [3.05, 3.63) is 0 Å². The molecule has 1 saturated carbocycles. The minimum absolute atomic E-state index is 0.00519. The zero-order chi connectivity index (χ0) is 14.2. The molecule has 2 rings (SSSR count). The number of terminal acetylenes is 1. The van der Waals surface area contributed by atoms with Gasteiger partial charge in [0.2, 0.25) is 11.8 Å². The summed E-state index contributed by atoms with van der Waals surface area (Å²) in [6.07, 6.45) is 8.26. The Morgan fingerprint density at radius 2 is 2.05 bits per heavy atom. The molecule has 19 heavy (non-hydrogen) atoms. The second kappa shape index (κ2) is 5.24. The van der Waals surface area contributed by atoms with Gasteiger partial charge >= 0.3 is 0 Å². The molecule has 4 nitrogen and oxygen atoms in total. The van der Waals surface area contributed by atoms with Gasteiger partial charge in [0.05, 0.1) is 6.04 Å². The minimum atomic E-state index is -0.441. The number of nitrogens with zero attached hydrogens (tertiary/aromatic N) is 1. The lowest BCUT2D eigenvalue weighted by atomic mass is 9.93. The minimum Gasteiger partial charge on any atom is -0.342 e. The van der Waals surface area contributed by atoms with Crippen molar-refractivity contribution in [2.75, 3.05) is 0 Å². The van der Waals surface area contributed by atoms with Crippen LogP contribution in [-0.4, -0.2) is 34.8 Å². The molecule has 2 amide bonds. The van der Waals surface area contributed by atoms with Crippen molar-refractivity contribution in [3.63, 3.8) is 0 Å². The second-order valence-corrected chi connectivity index (χ2v) is 5.85. The normalized spacial score (nSPS) is 29.1. The molecule has 1 saturated heterocycles. The highest BCUT2D eigenvalue weighted by molar-refractivity contribution is 5.97. The molecule has 3 unspecified atom stereocenters. The van der Waals surface area contributed by atoms with Crippen molar-refractivity contribution in [2.45, 2.75) is 58.2 Å². The van der Waals surface area contributed by atoms with Gasteiger partial charge in [-0.3, -0.25) is 9.59 Å². The largest absolute Gasteiger partial charge is 0.342 e. The molecule has 0 aromatic carbocycles. The van der Waals surface area contributed by atoms with Crippen LogP contribution in [0.15, 0.2) is 0 Å². The van der Waals surface area contributed by atoms with Gasteiger partial charge in [-0.15, -0.1) is 6.42 Å². The third-order valence-electron chi connectivity index (χ3n) is 4.03. The lowest BCUT2D eigenvalue weighted by Crippen LogP contribution is -2.67. The van der Waals surface area contributed by atoms with Crippen LogP contribution in [0.25, 0.3) is 0 Å². The van der Waals surface area contributed by atoms with Crippen molar-refractivity contribution in [1.29, 1.82) is 0 Å². The Balaban J connectivity index is 2.31. The summed E-state index contributed by atoms with van der Waals surface area (Å²) in [4.78, 5) is 26.6. The van der Waals surface area contributed by atoms with E-state index in [0.29, 0.717) is 12.3 Å². The molecule has 0 spiro atoms. The summed E-state index contributed by atoms with van der Waals surface area (Å²) in [6, 6.07) is -1.08. The van der Waals surface area contributed by atoms with E-state index in [1.807, 2.05) is 20.8 Å². The molecule has 1 N–H and O–H groups in total. The Kier molecular flexibility index (Phi) is 3.84. The van der Waals surface area contributed by atoms with Gasteiger partial charge in [0.1, 0.15) is 12.1 Å². The number of hydrogen-bond acceptors (Lipinski definition) is 2. The van der Waals surface area contributed by atoms with Crippen molar-refractivity contribution in [1.82, 2.24) is 10.2 Å². The van der Waals surface area contributed by atoms with Gasteiger partial charge in [0.25, 0.3) is 0 Å². The third kappa shape index (κ3) is 2.47. The van der Waals surface area contributed by atoms with Gasteiger partial charge in [-0.2, -0.15) is 0 Å². The molecule has 3 atom stereocenters. The van der Waals surface area contributed by atoms with Crippen LogP contribution in [0.4, 0.5) is 0 Å². The third-order valence-corrected chi connectivity index (χ3v) is 4.03. The Morgan fingerprint density at radius 3 is 2.47 bits per heavy atom. The fraction of sp³-hybridized carbons (Fsp3) is 0.733. The first-order chi connectivity index (χ1) is 9.01. The molecule has 0 radical (unpaired) electrons. The number of nitrogens with one attached hydrogen (secondary N) is 1. The molecular weight excluding hydrogens is 240 g/mol. The van der Waals surface area contributed by atoms with Crippen LogP contribution in [0.3, 0.4) is 0 Å². The maximum atomic E-state index is 12.6. The Labute approximate surface area is 114 Å².